The molecule has 8 heteroatoms. The molecule has 1 aliphatic heterocycles. The highest BCUT2D eigenvalue weighted by molar-refractivity contribution is 5.68. The maximum absolute atomic E-state index is 12.8. The normalized spacial score (nSPS) is 21.8. The minimum Gasteiger partial charge on any atom is -0.472 e. The zero-order chi connectivity index (χ0) is 18.8. The van der Waals surface area contributed by atoms with Crippen LogP contribution < -0.4 is 4.74 Å². The van der Waals surface area contributed by atoms with Gasteiger partial charge in [0.2, 0.25) is 5.88 Å². The fourth-order valence-electron chi connectivity index (χ4n) is 2.57. The van der Waals surface area contributed by atoms with Crippen LogP contribution in [-0.4, -0.2) is 40.3 Å². The van der Waals surface area contributed by atoms with E-state index >= 15 is 0 Å². The largest absolute Gasteiger partial charge is 0.472 e. The second kappa shape index (κ2) is 7.09. The Balaban J connectivity index is 2.05. The molecule has 5 nitrogen and oxygen atoms in total. The number of carbonyl (C=O) groups excluding carboxylic acids is 1. The first kappa shape index (κ1) is 19.3. The van der Waals surface area contributed by atoms with E-state index in [-0.39, 0.29) is 18.5 Å². The third-order valence-corrected chi connectivity index (χ3v) is 3.82. The summed E-state index contributed by atoms with van der Waals surface area (Å²) in [6.45, 7) is 7.48. The van der Waals surface area contributed by atoms with Crippen molar-refractivity contribution in [3.63, 3.8) is 0 Å². The smallest absolute Gasteiger partial charge is 0.416 e. The zero-order valence-corrected chi connectivity index (χ0v) is 14.8. The van der Waals surface area contributed by atoms with Gasteiger partial charge in [0.15, 0.2) is 0 Å². The number of nitrogens with zero attached hydrogens (tertiary/aromatic N) is 2. The Bertz CT molecular complexity index is 614. The van der Waals surface area contributed by atoms with E-state index in [2.05, 4.69) is 4.98 Å². The van der Waals surface area contributed by atoms with Crippen LogP contribution in [0.15, 0.2) is 18.3 Å². The van der Waals surface area contributed by atoms with Crippen molar-refractivity contribution in [1.82, 2.24) is 9.88 Å². The van der Waals surface area contributed by atoms with Gasteiger partial charge >= 0.3 is 12.3 Å². The van der Waals surface area contributed by atoms with Crippen molar-refractivity contribution in [2.75, 3.05) is 6.54 Å². The predicted molar refractivity (Wildman–Crippen MR) is 85.3 cm³/mol. The molecule has 0 radical (unpaired) electrons. The second-order valence-electron chi connectivity index (χ2n) is 7.18. The highest BCUT2D eigenvalue weighted by atomic mass is 19.4. The first-order chi connectivity index (χ1) is 11.5. The van der Waals surface area contributed by atoms with Crippen LogP contribution in [0.3, 0.4) is 0 Å². The van der Waals surface area contributed by atoms with Crippen molar-refractivity contribution in [2.45, 2.75) is 64.5 Å². The minimum atomic E-state index is -4.45. The molecule has 0 unspecified atom stereocenters. The Morgan fingerprint density at radius 1 is 1.28 bits per heavy atom. The summed E-state index contributed by atoms with van der Waals surface area (Å²) in [5, 5.41) is 0. The number of carbonyl (C=O) groups is 1. The topological polar surface area (TPSA) is 51.7 Å². The number of hydrogen-bond acceptors (Lipinski definition) is 4. The summed E-state index contributed by atoms with van der Waals surface area (Å²) in [4.78, 5) is 17.7. The van der Waals surface area contributed by atoms with E-state index < -0.39 is 29.5 Å². The van der Waals surface area contributed by atoms with Crippen LogP contribution in [0, 0.1) is 0 Å². The minimum absolute atomic E-state index is 0.0239. The lowest BCUT2D eigenvalue weighted by Crippen LogP contribution is -2.50. The van der Waals surface area contributed by atoms with E-state index in [4.69, 9.17) is 9.47 Å². The number of amides is 1. The molecule has 1 aliphatic rings. The molecule has 1 amide bonds. The number of pyridine rings is 1. The number of alkyl halides is 3. The predicted octanol–water partition coefficient (Wildman–Crippen LogP) is 4.27. The molecular weight excluding hydrogens is 337 g/mol. The summed E-state index contributed by atoms with van der Waals surface area (Å²) < 4.78 is 49.3. The van der Waals surface area contributed by atoms with Gasteiger partial charge in [0.05, 0.1) is 12.1 Å². The zero-order valence-electron chi connectivity index (χ0n) is 14.8. The molecular formula is C17H23F3N2O3. The summed E-state index contributed by atoms with van der Waals surface area (Å²) >= 11 is 0. The van der Waals surface area contributed by atoms with Crippen LogP contribution in [0.4, 0.5) is 18.0 Å². The van der Waals surface area contributed by atoms with Crippen LogP contribution >= 0.6 is 0 Å². The number of likely N-dealkylation sites (tertiary alicyclic amines) is 1. The van der Waals surface area contributed by atoms with E-state index in [0.717, 1.165) is 18.3 Å². The fraction of sp³-hybridized carbons (Fsp3) is 0.647. The molecule has 2 atom stereocenters. The van der Waals surface area contributed by atoms with E-state index in [1.807, 2.05) is 6.92 Å². The molecule has 0 aromatic carbocycles. The molecule has 1 fully saturated rings. The number of rotatable bonds is 2. The quantitative estimate of drug-likeness (QED) is 0.790. The van der Waals surface area contributed by atoms with Crippen molar-refractivity contribution in [3.05, 3.63) is 23.9 Å². The number of aromatic nitrogens is 1. The monoisotopic (exact) mass is 360 g/mol. The Kier molecular flexibility index (Phi) is 5.49. The van der Waals surface area contributed by atoms with Crippen LogP contribution in [0.1, 0.15) is 46.1 Å². The molecule has 1 aromatic heterocycles. The molecule has 1 aromatic rings. The molecule has 2 heterocycles. The summed E-state index contributed by atoms with van der Waals surface area (Å²) in [5.74, 6) is -0.0986. The first-order valence-corrected chi connectivity index (χ1v) is 8.15. The van der Waals surface area contributed by atoms with Gasteiger partial charge in [0, 0.05) is 18.3 Å². The van der Waals surface area contributed by atoms with Gasteiger partial charge in [-0.15, -0.1) is 0 Å². The van der Waals surface area contributed by atoms with Crippen molar-refractivity contribution in [3.8, 4) is 5.88 Å². The molecule has 2 rings (SSSR count). The molecule has 0 spiro atoms. The number of halogens is 3. The van der Waals surface area contributed by atoms with Gasteiger partial charge < -0.3 is 14.4 Å². The molecule has 0 bridgehead atoms. The summed E-state index contributed by atoms with van der Waals surface area (Å²) in [5.41, 5.74) is -1.43. The van der Waals surface area contributed by atoms with E-state index in [9.17, 15) is 18.0 Å². The summed E-state index contributed by atoms with van der Waals surface area (Å²) in [7, 11) is 0. The van der Waals surface area contributed by atoms with Crippen molar-refractivity contribution >= 4 is 6.09 Å². The lowest BCUT2D eigenvalue weighted by atomic mass is 10.0. The van der Waals surface area contributed by atoms with Crippen molar-refractivity contribution in [2.24, 2.45) is 0 Å². The lowest BCUT2D eigenvalue weighted by Gasteiger charge is -2.38. The molecule has 1 saturated heterocycles. The molecule has 140 valence electrons. The second-order valence-corrected chi connectivity index (χ2v) is 7.18. The Morgan fingerprint density at radius 3 is 2.56 bits per heavy atom. The maximum atomic E-state index is 12.8. The third-order valence-electron chi connectivity index (χ3n) is 3.82. The highest BCUT2D eigenvalue weighted by Gasteiger charge is 2.34. The summed E-state index contributed by atoms with van der Waals surface area (Å²) in [6.07, 6.45) is -2.98. The fourth-order valence-corrected chi connectivity index (χ4v) is 2.57. The van der Waals surface area contributed by atoms with Gasteiger partial charge in [-0.25, -0.2) is 9.78 Å². The Hall–Kier alpha value is -1.99. The maximum Gasteiger partial charge on any atom is 0.416 e. The van der Waals surface area contributed by atoms with E-state index in [0.29, 0.717) is 12.8 Å². The Morgan fingerprint density at radius 2 is 1.96 bits per heavy atom. The number of piperidine rings is 1. The SMILES string of the molecule is C[C@@H]1CC[C@@H](Oc2cc(C(F)(F)F)ccn2)CN1C(=O)OC(C)(C)C. The summed E-state index contributed by atoms with van der Waals surface area (Å²) in [6, 6.07) is 1.74. The van der Waals surface area contributed by atoms with Gasteiger partial charge in [-0.2, -0.15) is 13.2 Å². The third kappa shape index (κ3) is 5.51. The number of hydrogen-bond donors (Lipinski definition) is 0. The van der Waals surface area contributed by atoms with Crippen LogP contribution in [0.5, 0.6) is 5.88 Å². The van der Waals surface area contributed by atoms with Gasteiger partial charge in [-0.05, 0) is 46.6 Å². The average molecular weight is 360 g/mol. The van der Waals surface area contributed by atoms with Gasteiger partial charge in [0.25, 0.3) is 0 Å². The molecule has 0 N–H and O–H groups in total. The molecule has 25 heavy (non-hydrogen) atoms. The Labute approximate surface area is 145 Å². The van der Waals surface area contributed by atoms with E-state index in [1.54, 1.807) is 25.7 Å². The van der Waals surface area contributed by atoms with Crippen molar-refractivity contribution < 1.29 is 27.4 Å². The molecule has 0 aliphatic carbocycles. The van der Waals surface area contributed by atoms with E-state index in [1.165, 1.54) is 0 Å². The van der Waals surface area contributed by atoms with Crippen LogP contribution in [0.25, 0.3) is 0 Å². The van der Waals surface area contributed by atoms with Gasteiger partial charge in [-0.1, -0.05) is 0 Å². The van der Waals surface area contributed by atoms with Gasteiger partial charge in [-0.3, -0.25) is 0 Å². The highest BCUT2D eigenvalue weighted by Crippen LogP contribution is 2.31. The average Bonchev–Trinajstić information content (AvgIpc) is 2.47. The van der Waals surface area contributed by atoms with Crippen LogP contribution in [-0.2, 0) is 10.9 Å². The van der Waals surface area contributed by atoms with Crippen LogP contribution in [0.2, 0.25) is 0 Å². The number of ether oxygens (including phenoxy) is 2. The first-order valence-electron chi connectivity index (χ1n) is 8.15. The van der Waals surface area contributed by atoms with Gasteiger partial charge in [0.1, 0.15) is 11.7 Å². The van der Waals surface area contributed by atoms with Crippen molar-refractivity contribution in [1.29, 1.82) is 0 Å². The lowest BCUT2D eigenvalue weighted by molar-refractivity contribution is -0.137. The molecule has 0 saturated carbocycles. The standard InChI is InChI=1S/C17H23F3N2O3/c1-11-5-6-13(10-22(11)15(23)25-16(2,3)4)24-14-9-12(7-8-21-14)17(18,19)20/h7-9,11,13H,5-6,10H2,1-4H3/t11-,13-/m1/s1.